The molecule has 3 rings (SSSR count). The van der Waals surface area contributed by atoms with Crippen LogP contribution in [0, 0.1) is 0 Å². The molecule has 1 heterocycles. The van der Waals surface area contributed by atoms with Crippen LogP contribution in [0.4, 0.5) is 0 Å². The number of morpholine rings is 1. The van der Waals surface area contributed by atoms with Crippen LogP contribution in [-0.2, 0) is 9.53 Å². The van der Waals surface area contributed by atoms with Crippen molar-refractivity contribution in [2.24, 2.45) is 0 Å². The molecule has 1 aromatic carbocycles. The van der Waals surface area contributed by atoms with Crippen molar-refractivity contribution < 1.29 is 19.1 Å². The van der Waals surface area contributed by atoms with Crippen molar-refractivity contribution in [3.05, 3.63) is 29.8 Å². The van der Waals surface area contributed by atoms with Gasteiger partial charge in [-0.3, -0.25) is 9.59 Å². The van der Waals surface area contributed by atoms with Crippen LogP contribution in [0.1, 0.15) is 62.2 Å². The SMILES string of the molecule is CCCOc1ccc(C(=O)CCC(=O)N2CCOC3CCCCC32)cc1. The summed E-state index contributed by atoms with van der Waals surface area (Å²) in [5, 5.41) is 0. The van der Waals surface area contributed by atoms with Gasteiger partial charge in [-0.15, -0.1) is 0 Å². The van der Waals surface area contributed by atoms with E-state index in [-0.39, 0.29) is 36.7 Å². The van der Waals surface area contributed by atoms with Gasteiger partial charge >= 0.3 is 0 Å². The minimum Gasteiger partial charge on any atom is -0.494 e. The average molecular weight is 359 g/mol. The van der Waals surface area contributed by atoms with E-state index in [1.165, 1.54) is 6.42 Å². The predicted octanol–water partition coefficient (Wildman–Crippen LogP) is 3.61. The molecule has 1 saturated heterocycles. The number of hydrogen-bond acceptors (Lipinski definition) is 4. The number of nitrogens with zero attached hydrogens (tertiary/aromatic N) is 1. The van der Waals surface area contributed by atoms with Crippen LogP contribution < -0.4 is 4.74 Å². The second-order valence-electron chi connectivity index (χ2n) is 7.14. The third kappa shape index (κ3) is 4.64. The molecule has 1 aliphatic carbocycles. The highest BCUT2D eigenvalue weighted by atomic mass is 16.5. The van der Waals surface area contributed by atoms with Gasteiger partial charge in [0, 0.05) is 24.9 Å². The van der Waals surface area contributed by atoms with Gasteiger partial charge in [0.2, 0.25) is 5.91 Å². The van der Waals surface area contributed by atoms with Crippen LogP contribution in [0.15, 0.2) is 24.3 Å². The highest BCUT2D eigenvalue weighted by molar-refractivity contribution is 5.98. The average Bonchev–Trinajstić information content (AvgIpc) is 2.70. The van der Waals surface area contributed by atoms with Gasteiger partial charge in [-0.25, -0.2) is 0 Å². The molecule has 0 radical (unpaired) electrons. The van der Waals surface area contributed by atoms with Crippen molar-refractivity contribution in [1.82, 2.24) is 4.90 Å². The second-order valence-corrected chi connectivity index (χ2v) is 7.14. The van der Waals surface area contributed by atoms with E-state index in [0.29, 0.717) is 25.3 Å². The lowest BCUT2D eigenvalue weighted by molar-refractivity contribution is -0.149. The normalized spacial score (nSPS) is 22.6. The zero-order valence-electron chi connectivity index (χ0n) is 15.6. The predicted molar refractivity (Wildman–Crippen MR) is 99.5 cm³/mol. The van der Waals surface area contributed by atoms with E-state index < -0.39 is 0 Å². The summed E-state index contributed by atoms with van der Waals surface area (Å²) in [5.74, 6) is 0.867. The summed E-state index contributed by atoms with van der Waals surface area (Å²) in [5.41, 5.74) is 0.638. The first-order chi connectivity index (χ1) is 12.7. The van der Waals surface area contributed by atoms with Gasteiger partial charge < -0.3 is 14.4 Å². The molecule has 0 aromatic heterocycles. The van der Waals surface area contributed by atoms with Crippen LogP contribution in [0.5, 0.6) is 5.75 Å². The molecule has 5 heteroatoms. The van der Waals surface area contributed by atoms with E-state index in [9.17, 15) is 9.59 Å². The highest BCUT2D eigenvalue weighted by Gasteiger charge is 2.36. The van der Waals surface area contributed by atoms with Crippen molar-refractivity contribution in [2.45, 2.75) is 64.0 Å². The fourth-order valence-electron chi connectivity index (χ4n) is 3.87. The lowest BCUT2D eigenvalue weighted by Crippen LogP contribution is -2.54. The zero-order valence-corrected chi connectivity index (χ0v) is 15.6. The first-order valence-electron chi connectivity index (χ1n) is 9.86. The number of benzene rings is 1. The third-order valence-corrected chi connectivity index (χ3v) is 5.27. The van der Waals surface area contributed by atoms with Crippen LogP contribution in [-0.4, -0.2) is 48.5 Å². The maximum Gasteiger partial charge on any atom is 0.223 e. The lowest BCUT2D eigenvalue weighted by Gasteiger charge is -2.43. The lowest BCUT2D eigenvalue weighted by atomic mass is 9.90. The number of hydrogen-bond donors (Lipinski definition) is 0. The number of amides is 1. The molecule has 5 nitrogen and oxygen atoms in total. The Balaban J connectivity index is 1.51. The molecule has 1 aromatic rings. The molecule has 2 fully saturated rings. The van der Waals surface area contributed by atoms with E-state index >= 15 is 0 Å². The Morgan fingerprint density at radius 3 is 2.69 bits per heavy atom. The van der Waals surface area contributed by atoms with Crippen molar-refractivity contribution in [1.29, 1.82) is 0 Å². The minimum absolute atomic E-state index is 0.00819. The van der Waals surface area contributed by atoms with Crippen LogP contribution in [0.25, 0.3) is 0 Å². The van der Waals surface area contributed by atoms with Gasteiger partial charge in [-0.2, -0.15) is 0 Å². The molecule has 2 atom stereocenters. The Morgan fingerprint density at radius 1 is 1.15 bits per heavy atom. The monoisotopic (exact) mass is 359 g/mol. The largest absolute Gasteiger partial charge is 0.494 e. The van der Waals surface area contributed by atoms with Crippen molar-refractivity contribution in [3.63, 3.8) is 0 Å². The Morgan fingerprint density at radius 2 is 1.92 bits per heavy atom. The van der Waals surface area contributed by atoms with Gasteiger partial charge in [0.1, 0.15) is 5.75 Å². The number of carbonyl (C=O) groups is 2. The second kappa shape index (κ2) is 9.17. The van der Waals surface area contributed by atoms with Crippen LogP contribution in [0.3, 0.4) is 0 Å². The maximum atomic E-state index is 12.7. The number of ether oxygens (including phenoxy) is 2. The number of rotatable bonds is 7. The van der Waals surface area contributed by atoms with Gasteiger partial charge in [0.05, 0.1) is 25.4 Å². The molecule has 2 aliphatic rings. The number of fused-ring (bicyclic) bond motifs is 1. The molecule has 1 aliphatic heterocycles. The Bertz CT molecular complexity index is 611. The third-order valence-electron chi connectivity index (χ3n) is 5.27. The smallest absolute Gasteiger partial charge is 0.223 e. The first kappa shape index (κ1) is 18.9. The molecule has 1 saturated carbocycles. The quantitative estimate of drug-likeness (QED) is 0.698. The summed E-state index contributed by atoms with van der Waals surface area (Å²) in [4.78, 5) is 27.0. The van der Waals surface area contributed by atoms with Crippen molar-refractivity contribution in [3.8, 4) is 5.75 Å². The highest BCUT2D eigenvalue weighted by Crippen LogP contribution is 2.29. The van der Waals surface area contributed by atoms with Crippen LogP contribution in [0.2, 0.25) is 0 Å². The molecule has 0 spiro atoms. The van der Waals surface area contributed by atoms with E-state index in [1.807, 2.05) is 17.0 Å². The molecule has 142 valence electrons. The summed E-state index contributed by atoms with van der Waals surface area (Å²) in [7, 11) is 0. The van der Waals surface area contributed by atoms with E-state index in [0.717, 1.165) is 31.4 Å². The summed E-state index contributed by atoms with van der Waals surface area (Å²) < 4.78 is 11.4. The summed E-state index contributed by atoms with van der Waals surface area (Å²) in [6, 6.07) is 7.40. The number of Topliss-reactive ketones (excluding diaryl/α,β-unsaturated/α-hetero) is 1. The zero-order chi connectivity index (χ0) is 18.4. The fourth-order valence-corrected chi connectivity index (χ4v) is 3.87. The summed E-state index contributed by atoms with van der Waals surface area (Å²) in [6.45, 7) is 3.99. The molecule has 0 bridgehead atoms. The van der Waals surface area contributed by atoms with E-state index in [4.69, 9.17) is 9.47 Å². The number of carbonyl (C=O) groups excluding carboxylic acids is 2. The van der Waals surface area contributed by atoms with Gasteiger partial charge in [-0.05, 0) is 43.5 Å². The minimum atomic E-state index is 0.00819. The van der Waals surface area contributed by atoms with Gasteiger partial charge in [0.15, 0.2) is 5.78 Å². The van der Waals surface area contributed by atoms with Crippen molar-refractivity contribution >= 4 is 11.7 Å². The fraction of sp³-hybridized carbons (Fsp3) is 0.619. The summed E-state index contributed by atoms with van der Waals surface area (Å²) >= 11 is 0. The number of ketones is 1. The molecule has 26 heavy (non-hydrogen) atoms. The van der Waals surface area contributed by atoms with E-state index in [1.54, 1.807) is 12.1 Å². The summed E-state index contributed by atoms with van der Waals surface area (Å²) in [6.07, 6.45) is 6.06. The molecule has 2 unspecified atom stereocenters. The Kier molecular flexibility index (Phi) is 6.67. The molecular weight excluding hydrogens is 330 g/mol. The van der Waals surface area contributed by atoms with Crippen LogP contribution >= 0.6 is 0 Å². The van der Waals surface area contributed by atoms with Gasteiger partial charge in [0.25, 0.3) is 0 Å². The molecular formula is C21H29NO4. The standard InChI is InChI=1S/C21H29NO4/c1-2-14-25-17-9-7-16(8-10-17)19(23)11-12-21(24)22-13-15-26-20-6-4-3-5-18(20)22/h7-10,18,20H,2-6,11-15H2,1H3. The maximum absolute atomic E-state index is 12.7. The van der Waals surface area contributed by atoms with E-state index in [2.05, 4.69) is 6.92 Å². The van der Waals surface area contributed by atoms with Gasteiger partial charge in [-0.1, -0.05) is 19.8 Å². The molecule has 1 amide bonds. The Labute approximate surface area is 155 Å². The topological polar surface area (TPSA) is 55.8 Å². The van der Waals surface area contributed by atoms with Crippen molar-refractivity contribution in [2.75, 3.05) is 19.8 Å². The first-order valence-corrected chi connectivity index (χ1v) is 9.86. The Hall–Kier alpha value is -1.88. The molecule has 0 N–H and O–H groups in total.